The van der Waals surface area contributed by atoms with E-state index in [0.29, 0.717) is 0 Å². The van der Waals surface area contributed by atoms with Gasteiger partial charge in [-0.2, -0.15) is 0 Å². The Bertz CT molecular complexity index is 633. The van der Waals surface area contributed by atoms with E-state index in [9.17, 15) is 4.79 Å². The van der Waals surface area contributed by atoms with Crippen LogP contribution in [0.15, 0.2) is 67.3 Å². The smallest absolute Gasteiger partial charge is 0.235 e. The second-order valence-corrected chi connectivity index (χ2v) is 5.06. The molecular weight excluding hydrogens is 246 g/mol. The molecule has 2 aromatic rings. The summed E-state index contributed by atoms with van der Waals surface area (Å²) in [6, 6.07) is 18.0. The second-order valence-electron chi connectivity index (χ2n) is 5.06. The third-order valence-corrected chi connectivity index (χ3v) is 3.73. The summed E-state index contributed by atoms with van der Waals surface area (Å²) < 4.78 is 0. The predicted octanol–water partition coefficient (Wildman–Crippen LogP) is 4.10. The van der Waals surface area contributed by atoms with Crippen molar-refractivity contribution in [2.24, 2.45) is 5.92 Å². The van der Waals surface area contributed by atoms with E-state index in [0.717, 1.165) is 24.2 Å². The maximum atomic E-state index is 12.8. The topological polar surface area (TPSA) is 20.3 Å². The van der Waals surface area contributed by atoms with E-state index in [4.69, 9.17) is 0 Å². The van der Waals surface area contributed by atoms with E-state index >= 15 is 0 Å². The monoisotopic (exact) mass is 263 g/mol. The average molecular weight is 263 g/mol. The van der Waals surface area contributed by atoms with Crippen molar-refractivity contribution >= 4 is 17.3 Å². The SMILES string of the molecule is C=CCC1Cc2ccccc2N(c2ccccc2)C1=O. The Kier molecular flexibility index (Phi) is 3.38. The van der Waals surface area contributed by atoms with Gasteiger partial charge in [-0.05, 0) is 36.6 Å². The predicted molar refractivity (Wildman–Crippen MR) is 82.0 cm³/mol. The number of hydrogen-bond donors (Lipinski definition) is 0. The zero-order valence-corrected chi connectivity index (χ0v) is 11.3. The van der Waals surface area contributed by atoms with Crippen molar-refractivity contribution in [2.45, 2.75) is 12.8 Å². The summed E-state index contributed by atoms with van der Waals surface area (Å²) in [7, 11) is 0. The highest BCUT2D eigenvalue weighted by molar-refractivity contribution is 6.04. The van der Waals surface area contributed by atoms with E-state index in [1.165, 1.54) is 5.56 Å². The van der Waals surface area contributed by atoms with Crippen LogP contribution in [0.4, 0.5) is 11.4 Å². The zero-order valence-electron chi connectivity index (χ0n) is 11.3. The molecule has 0 bridgehead atoms. The van der Waals surface area contributed by atoms with Gasteiger partial charge in [-0.15, -0.1) is 6.58 Å². The van der Waals surface area contributed by atoms with Crippen molar-refractivity contribution < 1.29 is 4.79 Å². The lowest BCUT2D eigenvalue weighted by Crippen LogP contribution is -2.37. The number of carbonyl (C=O) groups is 1. The molecule has 0 aromatic heterocycles. The van der Waals surface area contributed by atoms with Gasteiger partial charge >= 0.3 is 0 Å². The molecule has 2 nitrogen and oxygen atoms in total. The molecule has 1 aliphatic rings. The fourth-order valence-corrected chi connectivity index (χ4v) is 2.78. The lowest BCUT2D eigenvalue weighted by Gasteiger charge is -2.34. The number of nitrogens with zero attached hydrogens (tertiary/aromatic N) is 1. The molecule has 0 saturated heterocycles. The molecule has 0 saturated carbocycles. The van der Waals surface area contributed by atoms with Gasteiger partial charge in [0, 0.05) is 11.6 Å². The molecule has 100 valence electrons. The first-order valence-electron chi connectivity index (χ1n) is 6.89. The number of para-hydroxylation sites is 2. The van der Waals surface area contributed by atoms with E-state index in [-0.39, 0.29) is 11.8 Å². The maximum Gasteiger partial charge on any atom is 0.235 e. The van der Waals surface area contributed by atoms with Crippen LogP contribution in [0.25, 0.3) is 0 Å². The Morgan fingerprint density at radius 3 is 2.55 bits per heavy atom. The minimum Gasteiger partial charge on any atom is -0.281 e. The van der Waals surface area contributed by atoms with Crippen molar-refractivity contribution in [2.75, 3.05) is 4.90 Å². The highest BCUT2D eigenvalue weighted by Gasteiger charge is 2.32. The van der Waals surface area contributed by atoms with E-state index in [1.54, 1.807) is 0 Å². The molecule has 1 unspecified atom stereocenters. The quantitative estimate of drug-likeness (QED) is 0.763. The molecular formula is C18H17NO. The summed E-state index contributed by atoms with van der Waals surface area (Å²) in [6.45, 7) is 3.77. The molecule has 0 spiro atoms. The molecule has 3 rings (SSSR count). The van der Waals surface area contributed by atoms with Crippen LogP contribution in [0, 0.1) is 5.92 Å². The maximum absolute atomic E-state index is 12.8. The van der Waals surface area contributed by atoms with Crippen LogP contribution in [0.2, 0.25) is 0 Å². The lowest BCUT2D eigenvalue weighted by atomic mass is 9.89. The third-order valence-electron chi connectivity index (χ3n) is 3.73. The number of hydrogen-bond acceptors (Lipinski definition) is 1. The first-order chi connectivity index (χ1) is 9.81. The van der Waals surface area contributed by atoms with E-state index in [1.807, 2.05) is 59.5 Å². The van der Waals surface area contributed by atoms with Gasteiger partial charge in [0.2, 0.25) is 5.91 Å². The van der Waals surface area contributed by atoms with Gasteiger partial charge in [0.15, 0.2) is 0 Å². The number of fused-ring (bicyclic) bond motifs is 1. The van der Waals surface area contributed by atoms with Gasteiger partial charge in [0.05, 0.1) is 5.69 Å². The Balaban J connectivity index is 2.10. The van der Waals surface area contributed by atoms with Crippen LogP contribution in [0.1, 0.15) is 12.0 Å². The largest absolute Gasteiger partial charge is 0.281 e. The normalized spacial score (nSPS) is 17.7. The molecule has 0 aliphatic carbocycles. The Hall–Kier alpha value is -2.35. The number of benzene rings is 2. The van der Waals surface area contributed by atoms with Gasteiger partial charge in [0.1, 0.15) is 0 Å². The Morgan fingerprint density at radius 1 is 1.10 bits per heavy atom. The first kappa shape index (κ1) is 12.7. The fourth-order valence-electron chi connectivity index (χ4n) is 2.78. The zero-order chi connectivity index (χ0) is 13.9. The first-order valence-corrected chi connectivity index (χ1v) is 6.89. The van der Waals surface area contributed by atoms with Gasteiger partial charge < -0.3 is 0 Å². The minimum absolute atomic E-state index is 0.0115. The Labute approximate surface area is 119 Å². The number of anilines is 2. The molecule has 2 heteroatoms. The van der Waals surface area contributed by atoms with E-state index in [2.05, 4.69) is 12.6 Å². The molecule has 1 amide bonds. The molecule has 20 heavy (non-hydrogen) atoms. The fraction of sp³-hybridized carbons (Fsp3) is 0.167. The second kappa shape index (κ2) is 5.33. The molecule has 2 aromatic carbocycles. The van der Waals surface area contributed by atoms with Gasteiger partial charge in [-0.1, -0.05) is 42.5 Å². The third kappa shape index (κ3) is 2.14. The van der Waals surface area contributed by atoms with Crippen LogP contribution in [0.5, 0.6) is 0 Å². The highest BCUT2D eigenvalue weighted by Crippen LogP contribution is 2.37. The van der Waals surface area contributed by atoms with Gasteiger partial charge in [-0.3, -0.25) is 9.69 Å². The number of carbonyl (C=O) groups excluding carboxylic acids is 1. The summed E-state index contributed by atoms with van der Waals surface area (Å²) in [5.74, 6) is 0.150. The summed E-state index contributed by atoms with van der Waals surface area (Å²) in [5.41, 5.74) is 3.16. The van der Waals surface area contributed by atoms with Crippen LogP contribution >= 0.6 is 0 Å². The minimum atomic E-state index is -0.0115. The van der Waals surface area contributed by atoms with Crippen molar-refractivity contribution in [3.05, 3.63) is 72.8 Å². The summed E-state index contributed by atoms with van der Waals surface area (Å²) in [4.78, 5) is 14.6. The van der Waals surface area contributed by atoms with Crippen molar-refractivity contribution in [3.63, 3.8) is 0 Å². The van der Waals surface area contributed by atoms with Crippen LogP contribution in [-0.4, -0.2) is 5.91 Å². The lowest BCUT2D eigenvalue weighted by molar-refractivity contribution is -0.121. The molecule has 1 atom stereocenters. The number of allylic oxidation sites excluding steroid dienone is 1. The summed E-state index contributed by atoms with van der Waals surface area (Å²) >= 11 is 0. The summed E-state index contributed by atoms with van der Waals surface area (Å²) in [6.07, 6.45) is 3.35. The standard InChI is InChI=1S/C18H17NO/c1-2-8-15-13-14-9-6-7-12-17(14)19(18(15)20)16-10-4-3-5-11-16/h2-7,9-12,15H,1,8,13H2. The van der Waals surface area contributed by atoms with Crippen LogP contribution in [-0.2, 0) is 11.2 Å². The number of rotatable bonds is 3. The van der Waals surface area contributed by atoms with Crippen molar-refractivity contribution in [3.8, 4) is 0 Å². The van der Waals surface area contributed by atoms with Gasteiger partial charge in [-0.25, -0.2) is 0 Å². The van der Waals surface area contributed by atoms with Crippen LogP contribution in [0.3, 0.4) is 0 Å². The van der Waals surface area contributed by atoms with Crippen LogP contribution < -0.4 is 4.90 Å². The van der Waals surface area contributed by atoms with Gasteiger partial charge in [0.25, 0.3) is 0 Å². The molecule has 1 aliphatic heterocycles. The van der Waals surface area contributed by atoms with E-state index < -0.39 is 0 Å². The molecule has 0 fully saturated rings. The number of amides is 1. The molecule has 0 radical (unpaired) electrons. The molecule has 1 heterocycles. The average Bonchev–Trinajstić information content (AvgIpc) is 2.49. The van der Waals surface area contributed by atoms with Crippen molar-refractivity contribution in [1.29, 1.82) is 0 Å². The summed E-state index contributed by atoms with van der Waals surface area (Å²) in [5, 5.41) is 0. The Morgan fingerprint density at radius 2 is 1.80 bits per heavy atom. The van der Waals surface area contributed by atoms with Crippen molar-refractivity contribution in [1.82, 2.24) is 0 Å². The highest BCUT2D eigenvalue weighted by atomic mass is 16.2. The molecule has 0 N–H and O–H groups in total.